The van der Waals surface area contributed by atoms with E-state index in [9.17, 15) is 4.79 Å². The molecule has 0 aliphatic carbocycles. The molecule has 1 aliphatic rings. The molecule has 0 saturated heterocycles. The number of rotatable bonds is 2. The lowest BCUT2D eigenvalue weighted by molar-refractivity contribution is 0.0601. The molecule has 0 atom stereocenters. The first-order valence-corrected chi connectivity index (χ1v) is 11.0. The molecule has 154 valence electrons. The Morgan fingerprint density at radius 3 is 2.39 bits per heavy atom. The van der Waals surface area contributed by atoms with Crippen LogP contribution >= 0.6 is 15.9 Å². The monoisotopic (exact) mass is 471 g/mol. The van der Waals surface area contributed by atoms with Crippen LogP contribution in [-0.2, 0) is 10.2 Å². The molecule has 0 spiro atoms. The van der Waals surface area contributed by atoms with Gasteiger partial charge in [-0.2, -0.15) is 0 Å². The summed E-state index contributed by atoms with van der Waals surface area (Å²) in [6.45, 7) is 4.42. The van der Waals surface area contributed by atoms with E-state index in [-0.39, 0.29) is 11.4 Å². The van der Waals surface area contributed by atoms with Crippen molar-refractivity contribution in [2.45, 2.75) is 19.3 Å². The van der Waals surface area contributed by atoms with Crippen molar-refractivity contribution < 1.29 is 9.53 Å². The molecule has 0 unspecified atom stereocenters. The molecule has 1 aliphatic heterocycles. The van der Waals surface area contributed by atoms with Crippen molar-refractivity contribution in [2.75, 3.05) is 12.0 Å². The summed E-state index contributed by atoms with van der Waals surface area (Å²) >= 11 is 3.55. The van der Waals surface area contributed by atoms with Crippen molar-refractivity contribution in [3.05, 3.63) is 100 Å². The van der Waals surface area contributed by atoms with Gasteiger partial charge in [0.2, 0.25) is 0 Å². The zero-order valence-electron chi connectivity index (χ0n) is 17.6. The largest absolute Gasteiger partial charge is 0.465 e. The van der Waals surface area contributed by atoms with Crippen LogP contribution in [0.3, 0.4) is 0 Å². The Morgan fingerprint density at radius 1 is 0.871 bits per heavy atom. The number of hydrogen-bond acceptors (Lipinski definition) is 3. The van der Waals surface area contributed by atoms with Crippen LogP contribution in [0, 0.1) is 0 Å². The molecular formula is C27H22BrNO2. The summed E-state index contributed by atoms with van der Waals surface area (Å²) in [4.78, 5) is 15.0. The first-order chi connectivity index (χ1) is 14.9. The number of hydrogen-bond donors (Lipinski definition) is 0. The summed E-state index contributed by atoms with van der Waals surface area (Å²) in [5.41, 5.74) is 5.61. The second kappa shape index (κ2) is 7.24. The molecule has 4 aromatic rings. The Labute approximate surface area is 190 Å². The second-order valence-electron chi connectivity index (χ2n) is 8.35. The van der Waals surface area contributed by atoms with Crippen LogP contribution in [0.2, 0.25) is 0 Å². The highest BCUT2D eigenvalue weighted by Crippen LogP contribution is 2.53. The lowest BCUT2D eigenvalue weighted by Crippen LogP contribution is -2.32. The number of nitrogens with zero attached hydrogens (tertiary/aromatic N) is 1. The first kappa shape index (κ1) is 19.8. The Bertz CT molecular complexity index is 1340. The molecule has 0 saturated carbocycles. The number of fused-ring (bicyclic) bond motifs is 3. The smallest absolute Gasteiger partial charge is 0.340 e. The standard InChI is InChI=1S/C27H22BrNO2/c1-27(2)22-8-4-5-10-24(22)29(25-21(26(30)31-3)7-6-9-23(25)27)20-14-12-17-15-19(28)13-11-18(17)16-20/h4-16H,1-3H3. The fourth-order valence-electron chi connectivity index (χ4n) is 4.64. The maximum atomic E-state index is 12.8. The maximum absolute atomic E-state index is 12.8. The van der Waals surface area contributed by atoms with Crippen LogP contribution in [0.1, 0.15) is 35.3 Å². The van der Waals surface area contributed by atoms with Gasteiger partial charge in [-0.3, -0.25) is 0 Å². The van der Waals surface area contributed by atoms with Gasteiger partial charge in [0.05, 0.1) is 24.0 Å². The van der Waals surface area contributed by atoms with Crippen molar-refractivity contribution in [2.24, 2.45) is 0 Å². The predicted octanol–water partition coefficient (Wildman–Crippen LogP) is 7.50. The fraction of sp³-hybridized carbons (Fsp3) is 0.148. The summed E-state index contributed by atoms with van der Waals surface area (Å²) in [6.07, 6.45) is 0. The van der Waals surface area contributed by atoms with Crippen LogP contribution in [-0.4, -0.2) is 13.1 Å². The molecule has 31 heavy (non-hydrogen) atoms. The number of benzene rings is 4. The molecule has 0 fully saturated rings. The predicted molar refractivity (Wildman–Crippen MR) is 130 cm³/mol. The molecule has 5 rings (SSSR count). The minimum Gasteiger partial charge on any atom is -0.465 e. The van der Waals surface area contributed by atoms with Gasteiger partial charge in [-0.05, 0) is 58.3 Å². The van der Waals surface area contributed by atoms with E-state index in [4.69, 9.17) is 4.74 Å². The molecule has 0 radical (unpaired) electrons. The van der Waals surface area contributed by atoms with Crippen LogP contribution in [0.25, 0.3) is 10.8 Å². The third-order valence-electron chi connectivity index (χ3n) is 6.20. The van der Waals surface area contributed by atoms with Crippen molar-refractivity contribution >= 4 is 49.7 Å². The van der Waals surface area contributed by atoms with E-state index >= 15 is 0 Å². The van der Waals surface area contributed by atoms with Gasteiger partial charge < -0.3 is 9.64 Å². The quantitative estimate of drug-likeness (QED) is 0.283. The lowest BCUT2D eigenvalue weighted by Gasteiger charge is -2.42. The van der Waals surface area contributed by atoms with Crippen LogP contribution in [0.5, 0.6) is 0 Å². The number of halogens is 1. The highest BCUT2D eigenvalue weighted by Gasteiger charge is 2.39. The Kier molecular flexibility index (Phi) is 4.63. The van der Waals surface area contributed by atoms with Gasteiger partial charge in [-0.25, -0.2) is 4.79 Å². The number of anilines is 3. The normalized spacial score (nSPS) is 14.1. The molecule has 4 heteroatoms. The minimum absolute atomic E-state index is 0.256. The van der Waals surface area contributed by atoms with Crippen molar-refractivity contribution in [3.63, 3.8) is 0 Å². The van der Waals surface area contributed by atoms with Crippen LogP contribution < -0.4 is 4.90 Å². The third kappa shape index (κ3) is 3.05. The zero-order valence-corrected chi connectivity index (χ0v) is 19.2. The third-order valence-corrected chi connectivity index (χ3v) is 6.69. The van der Waals surface area contributed by atoms with E-state index in [2.05, 4.69) is 89.3 Å². The molecule has 1 heterocycles. The molecule has 0 N–H and O–H groups in total. The van der Waals surface area contributed by atoms with E-state index in [1.54, 1.807) is 0 Å². The van der Waals surface area contributed by atoms with E-state index < -0.39 is 0 Å². The van der Waals surface area contributed by atoms with Gasteiger partial charge in [0.25, 0.3) is 0 Å². The van der Waals surface area contributed by atoms with Gasteiger partial charge in [0.15, 0.2) is 0 Å². The van der Waals surface area contributed by atoms with Crippen molar-refractivity contribution in [3.8, 4) is 0 Å². The fourth-order valence-corrected chi connectivity index (χ4v) is 5.02. The van der Waals surface area contributed by atoms with Crippen LogP contribution in [0.4, 0.5) is 17.1 Å². The number of carbonyl (C=O) groups is 1. The highest BCUT2D eigenvalue weighted by molar-refractivity contribution is 9.10. The average Bonchev–Trinajstić information content (AvgIpc) is 2.78. The van der Waals surface area contributed by atoms with E-state index in [0.717, 1.165) is 37.9 Å². The van der Waals surface area contributed by atoms with Gasteiger partial charge >= 0.3 is 5.97 Å². The molecule has 3 nitrogen and oxygen atoms in total. The van der Waals surface area contributed by atoms with E-state index in [1.807, 2.05) is 24.3 Å². The average molecular weight is 472 g/mol. The van der Waals surface area contributed by atoms with Gasteiger partial charge in [0, 0.05) is 15.6 Å². The van der Waals surface area contributed by atoms with Gasteiger partial charge in [0.1, 0.15) is 0 Å². The molecule has 0 amide bonds. The maximum Gasteiger partial charge on any atom is 0.340 e. The molecule has 4 aromatic carbocycles. The summed E-state index contributed by atoms with van der Waals surface area (Å²) in [5, 5.41) is 2.30. The van der Waals surface area contributed by atoms with Crippen molar-refractivity contribution in [1.29, 1.82) is 0 Å². The van der Waals surface area contributed by atoms with E-state index in [1.165, 1.54) is 12.7 Å². The number of para-hydroxylation sites is 2. The summed E-state index contributed by atoms with van der Waals surface area (Å²) in [5.74, 6) is -0.332. The summed E-state index contributed by atoms with van der Waals surface area (Å²) in [7, 11) is 1.43. The Hall–Kier alpha value is -3.11. The van der Waals surface area contributed by atoms with Crippen LogP contribution in [0.15, 0.2) is 83.3 Å². The Morgan fingerprint density at radius 2 is 1.58 bits per heavy atom. The lowest BCUT2D eigenvalue weighted by atomic mass is 9.72. The number of ether oxygens (including phenoxy) is 1. The van der Waals surface area contributed by atoms with Crippen molar-refractivity contribution in [1.82, 2.24) is 0 Å². The number of carbonyl (C=O) groups excluding carboxylic acids is 1. The second-order valence-corrected chi connectivity index (χ2v) is 9.26. The minimum atomic E-state index is -0.332. The van der Waals surface area contributed by atoms with E-state index in [0.29, 0.717) is 5.56 Å². The highest BCUT2D eigenvalue weighted by atomic mass is 79.9. The van der Waals surface area contributed by atoms with Gasteiger partial charge in [-0.1, -0.05) is 72.2 Å². The SMILES string of the molecule is COC(=O)c1cccc2c1N(c1ccc3cc(Br)ccc3c1)c1ccccc1C2(C)C. The molecular weight excluding hydrogens is 450 g/mol. The number of esters is 1. The molecule has 0 bridgehead atoms. The van der Waals surface area contributed by atoms with Gasteiger partial charge in [-0.15, -0.1) is 0 Å². The molecule has 0 aromatic heterocycles. The number of methoxy groups -OCH3 is 1. The Balaban J connectivity index is 1.84. The summed E-state index contributed by atoms with van der Waals surface area (Å²) < 4.78 is 6.21. The topological polar surface area (TPSA) is 29.5 Å². The zero-order chi connectivity index (χ0) is 21.8. The summed E-state index contributed by atoms with van der Waals surface area (Å²) in [6, 6.07) is 27.0. The first-order valence-electron chi connectivity index (χ1n) is 10.2.